The van der Waals surface area contributed by atoms with Gasteiger partial charge in [0, 0.05) is 11.6 Å². The molecule has 0 saturated heterocycles. The average Bonchev–Trinajstić information content (AvgIpc) is 2.73. The molecule has 2 aromatic rings. The molecule has 31 heavy (non-hydrogen) atoms. The predicted molar refractivity (Wildman–Crippen MR) is 110 cm³/mol. The molecule has 7 nitrogen and oxygen atoms in total. The van der Waals surface area contributed by atoms with Crippen molar-refractivity contribution in [1.29, 1.82) is 0 Å². The van der Waals surface area contributed by atoms with Crippen molar-refractivity contribution < 1.29 is 32.6 Å². The number of benzene rings is 2. The third kappa shape index (κ3) is 7.06. The fourth-order valence-corrected chi connectivity index (χ4v) is 2.60. The highest BCUT2D eigenvalue weighted by atomic mass is 19.1. The van der Waals surface area contributed by atoms with Crippen molar-refractivity contribution in [3.05, 3.63) is 59.7 Å². The summed E-state index contributed by atoms with van der Waals surface area (Å²) in [6, 6.07) is 7.95. The van der Waals surface area contributed by atoms with Crippen LogP contribution in [0.1, 0.15) is 31.1 Å². The molecule has 0 fully saturated rings. The van der Waals surface area contributed by atoms with Crippen LogP contribution in [0.5, 0.6) is 5.75 Å². The lowest BCUT2D eigenvalue weighted by Crippen LogP contribution is -2.45. The number of esters is 1. The van der Waals surface area contributed by atoms with Crippen LogP contribution in [0.4, 0.5) is 14.5 Å². The van der Waals surface area contributed by atoms with Crippen molar-refractivity contribution in [1.82, 2.24) is 5.32 Å². The van der Waals surface area contributed by atoms with E-state index in [0.717, 1.165) is 18.2 Å². The number of amides is 2. The Balaban J connectivity index is 1.94. The number of hydrogen-bond donors (Lipinski definition) is 2. The molecule has 0 heterocycles. The molecule has 166 valence electrons. The van der Waals surface area contributed by atoms with Crippen molar-refractivity contribution in [2.45, 2.75) is 26.8 Å². The third-order valence-electron chi connectivity index (χ3n) is 4.18. The number of carbonyl (C=O) groups excluding carboxylic acids is 3. The second-order valence-corrected chi connectivity index (χ2v) is 6.93. The fourth-order valence-electron chi connectivity index (χ4n) is 2.60. The lowest BCUT2D eigenvalue weighted by molar-refractivity contribution is -0.150. The number of carbonyl (C=O) groups is 3. The first-order valence-corrected chi connectivity index (χ1v) is 9.66. The van der Waals surface area contributed by atoms with Gasteiger partial charge in [0.05, 0.1) is 12.3 Å². The van der Waals surface area contributed by atoms with Crippen molar-refractivity contribution >= 4 is 23.5 Å². The first-order valence-electron chi connectivity index (χ1n) is 9.66. The zero-order valence-electron chi connectivity index (χ0n) is 17.4. The number of ether oxygens (including phenoxy) is 2. The van der Waals surface area contributed by atoms with E-state index in [-0.39, 0.29) is 11.6 Å². The summed E-state index contributed by atoms with van der Waals surface area (Å²) >= 11 is 0. The summed E-state index contributed by atoms with van der Waals surface area (Å²) in [5.74, 6) is -3.45. The monoisotopic (exact) mass is 434 g/mol. The second-order valence-electron chi connectivity index (χ2n) is 6.93. The van der Waals surface area contributed by atoms with Gasteiger partial charge in [0.2, 0.25) is 0 Å². The van der Waals surface area contributed by atoms with Crippen LogP contribution in [0, 0.1) is 17.6 Å². The molecule has 0 aromatic heterocycles. The van der Waals surface area contributed by atoms with Crippen LogP contribution in [0.3, 0.4) is 0 Å². The third-order valence-corrected chi connectivity index (χ3v) is 4.18. The highest BCUT2D eigenvalue weighted by Gasteiger charge is 2.27. The quantitative estimate of drug-likeness (QED) is 0.591. The molecular formula is C22H24F2N2O5. The molecule has 0 aliphatic rings. The maximum absolute atomic E-state index is 13.6. The van der Waals surface area contributed by atoms with E-state index in [1.54, 1.807) is 38.1 Å². The zero-order valence-corrected chi connectivity index (χ0v) is 17.4. The van der Waals surface area contributed by atoms with Crippen LogP contribution in [0.2, 0.25) is 0 Å². The van der Waals surface area contributed by atoms with Gasteiger partial charge in [0.15, 0.2) is 6.61 Å². The van der Waals surface area contributed by atoms with Gasteiger partial charge in [-0.05, 0) is 49.2 Å². The molecule has 0 aliphatic carbocycles. The van der Waals surface area contributed by atoms with Crippen molar-refractivity contribution in [3.63, 3.8) is 0 Å². The van der Waals surface area contributed by atoms with Crippen molar-refractivity contribution in [2.75, 3.05) is 18.5 Å². The highest BCUT2D eigenvalue weighted by Crippen LogP contribution is 2.16. The molecule has 0 aliphatic heterocycles. The minimum absolute atomic E-state index is 0.321. The lowest BCUT2D eigenvalue weighted by Gasteiger charge is -2.21. The van der Waals surface area contributed by atoms with E-state index in [2.05, 4.69) is 10.6 Å². The summed E-state index contributed by atoms with van der Waals surface area (Å²) in [6.07, 6.45) is 0. The molecule has 0 unspecified atom stereocenters. The van der Waals surface area contributed by atoms with Crippen LogP contribution in [-0.4, -0.2) is 37.0 Å². The standard InChI is InChI=1S/C22H24F2N2O5/c1-4-30-16-8-5-14(6-9-16)21(28)26-20(13(2)3)22(29)31-12-19(27)25-18-11-15(23)7-10-17(18)24/h5-11,13,20H,4,12H2,1-3H3,(H,25,27)(H,26,28)/t20-/m0/s1. The van der Waals surface area contributed by atoms with Gasteiger partial charge in [0.25, 0.3) is 11.8 Å². The number of anilines is 1. The summed E-state index contributed by atoms with van der Waals surface area (Å²) in [7, 11) is 0. The summed E-state index contributed by atoms with van der Waals surface area (Å²) < 4.78 is 37.0. The Hall–Kier alpha value is -3.49. The Morgan fingerprint density at radius 1 is 1.03 bits per heavy atom. The fraction of sp³-hybridized carbons (Fsp3) is 0.318. The van der Waals surface area contributed by atoms with Crippen molar-refractivity contribution in [2.24, 2.45) is 5.92 Å². The van der Waals surface area contributed by atoms with Crippen LogP contribution in [0.25, 0.3) is 0 Å². The van der Waals surface area contributed by atoms with Gasteiger partial charge in [-0.2, -0.15) is 0 Å². The topological polar surface area (TPSA) is 93.7 Å². The first-order chi connectivity index (χ1) is 14.7. The van der Waals surface area contributed by atoms with Crippen LogP contribution in [0.15, 0.2) is 42.5 Å². The van der Waals surface area contributed by atoms with E-state index in [1.165, 1.54) is 0 Å². The zero-order chi connectivity index (χ0) is 23.0. The van der Waals surface area contributed by atoms with Gasteiger partial charge in [-0.3, -0.25) is 9.59 Å². The lowest BCUT2D eigenvalue weighted by atomic mass is 10.0. The van der Waals surface area contributed by atoms with E-state index in [4.69, 9.17) is 9.47 Å². The molecule has 2 aromatic carbocycles. The summed E-state index contributed by atoms with van der Waals surface area (Å²) in [5, 5.41) is 4.70. The maximum atomic E-state index is 13.6. The minimum atomic E-state index is -1.02. The SMILES string of the molecule is CCOc1ccc(C(=O)N[C@H](C(=O)OCC(=O)Nc2cc(F)ccc2F)C(C)C)cc1. The summed E-state index contributed by atoms with van der Waals surface area (Å²) in [6.45, 7) is 5.01. The molecule has 0 saturated carbocycles. The molecule has 1 atom stereocenters. The molecular weight excluding hydrogens is 410 g/mol. The molecule has 0 bridgehead atoms. The normalized spacial score (nSPS) is 11.5. The van der Waals surface area contributed by atoms with E-state index in [9.17, 15) is 23.2 Å². The van der Waals surface area contributed by atoms with Crippen molar-refractivity contribution in [3.8, 4) is 5.75 Å². The minimum Gasteiger partial charge on any atom is -0.494 e. The number of halogens is 2. The first kappa shape index (κ1) is 23.8. The Kier molecular flexibility index (Phi) is 8.48. The molecule has 2 rings (SSSR count). The Morgan fingerprint density at radius 2 is 1.71 bits per heavy atom. The molecule has 0 spiro atoms. The summed E-state index contributed by atoms with van der Waals surface area (Å²) in [5.41, 5.74) is -0.0495. The van der Waals surface area contributed by atoms with Gasteiger partial charge in [-0.25, -0.2) is 13.6 Å². The van der Waals surface area contributed by atoms with Gasteiger partial charge < -0.3 is 20.1 Å². The van der Waals surface area contributed by atoms with Gasteiger partial charge in [0.1, 0.15) is 23.4 Å². The van der Waals surface area contributed by atoms with Crippen LogP contribution < -0.4 is 15.4 Å². The molecule has 2 amide bonds. The molecule has 9 heteroatoms. The number of hydrogen-bond acceptors (Lipinski definition) is 5. The van der Waals surface area contributed by atoms with E-state index < -0.39 is 42.1 Å². The second kappa shape index (κ2) is 11.1. The van der Waals surface area contributed by atoms with E-state index in [0.29, 0.717) is 17.9 Å². The Morgan fingerprint density at radius 3 is 2.32 bits per heavy atom. The van der Waals surface area contributed by atoms with E-state index >= 15 is 0 Å². The highest BCUT2D eigenvalue weighted by molar-refractivity contribution is 5.97. The van der Waals surface area contributed by atoms with Crippen LogP contribution >= 0.6 is 0 Å². The predicted octanol–water partition coefficient (Wildman–Crippen LogP) is 3.30. The van der Waals surface area contributed by atoms with Gasteiger partial charge in [-0.1, -0.05) is 13.8 Å². The maximum Gasteiger partial charge on any atom is 0.329 e. The van der Waals surface area contributed by atoms with Gasteiger partial charge >= 0.3 is 5.97 Å². The number of rotatable bonds is 9. The largest absolute Gasteiger partial charge is 0.494 e. The van der Waals surface area contributed by atoms with Crippen LogP contribution in [-0.2, 0) is 14.3 Å². The van der Waals surface area contributed by atoms with Gasteiger partial charge in [-0.15, -0.1) is 0 Å². The molecule has 0 radical (unpaired) electrons. The average molecular weight is 434 g/mol. The number of nitrogens with one attached hydrogen (secondary N) is 2. The Bertz CT molecular complexity index is 932. The smallest absolute Gasteiger partial charge is 0.329 e. The molecule has 2 N–H and O–H groups in total. The van der Waals surface area contributed by atoms with E-state index in [1.807, 2.05) is 6.92 Å². The summed E-state index contributed by atoms with van der Waals surface area (Å²) in [4.78, 5) is 36.8. The Labute approximate surface area is 178 Å².